The van der Waals surface area contributed by atoms with Crippen molar-refractivity contribution >= 4 is 11.6 Å². The fourth-order valence-electron chi connectivity index (χ4n) is 3.03. The van der Waals surface area contributed by atoms with Gasteiger partial charge in [0.25, 0.3) is 5.91 Å². The van der Waals surface area contributed by atoms with Crippen molar-refractivity contribution in [1.82, 2.24) is 0 Å². The van der Waals surface area contributed by atoms with Crippen LogP contribution in [0.2, 0.25) is 0 Å². The normalized spacial score (nSPS) is 18.1. The van der Waals surface area contributed by atoms with Crippen molar-refractivity contribution in [2.75, 3.05) is 25.0 Å². The Morgan fingerprint density at radius 2 is 1.73 bits per heavy atom. The molecule has 2 rings (SSSR count). The number of benzene rings is 1. The molecule has 1 saturated heterocycles. The molecule has 4 heteroatoms. The topological polar surface area (TPSA) is 42.8 Å². The molecule has 0 bridgehead atoms. The maximum atomic E-state index is 12.5. The summed E-state index contributed by atoms with van der Waals surface area (Å²) in [5.41, 5.74) is 0.840. The summed E-state index contributed by atoms with van der Waals surface area (Å²) < 4.78 is 5.42. The number of hydrogen-bond acceptors (Lipinski definition) is 2. The van der Waals surface area contributed by atoms with E-state index in [1.165, 1.54) is 37.0 Å². The Kier molecular flexibility index (Phi) is 6.72. The van der Waals surface area contributed by atoms with Gasteiger partial charge in [-0.1, -0.05) is 6.42 Å². The third-order valence-corrected chi connectivity index (χ3v) is 4.43. The summed E-state index contributed by atoms with van der Waals surface area (Å²) in [7, 11) is 0. The lowest BCUT2D eigenvalue weighted by atomic mass is 10.1. The van der Waals surface area contributed by atoms with E-state index >= 15 is 0 Å². The van der Waals surface area contributed by atoms with Crippen LogP contribution in [0.1, 0.15) is 46.0 Å². The fraction of sp³-hybridized carbons (Fsp3) is 0.611. The molecule has 122 valence electrons. The molecule has 1 aromatic carbocycles. The van der Waals surface area contributed by atoms with Crippen LogP contribution in [0.25, 0.3) is 0 Å². The second kappa shape index (κ2) is 8.79. The van der Waals surface area contributed by atoms with Crippen molar-refractivity contribution in [2.45, 2.75) is 52.0 Å². The molecular formula is C18H29N2O2+. The molecule has 0 saturated carbocycles. The summed E-state index contributed by atoms with van der Waals surface area (Å²) in [6.07, 6.45) is 6.42. The molecule has 0 aromatic heterocycles. The molecule has 0 spiro atoms. The van der Waals surface area contributed by atoms with Gasteiger partial charge in [0, 0.05) is 5.69 Å². The third kappa shape index (κ3) is 5.02. The molecule has 1 amide bonds. The van der Waals surface area contributed by atoms with E-state index in [0.717, 1.165) is 24.5 Å². The lowest BCUT2D eigenvalue weighted by molar-refractivity contribution is -0.914. The van der Waals surface area contributed by atoms with Gasteiger partial charge < -0.3 is 15.0 Å². The van der Waals surface area contributed by atoms with Gasteiger partial charge in [0.2, 0.25) is 0 Å². The van der Waals surface area contributed by atoms with Crippen LogP contribution < -0.4 is 15.0 Å². The van der Waals surface area contributed by atoms with E-state index in [1.54, 1.807) is 0 Å². The summed E-state index contributed by atoms with van der Waals surface area (Å²) in [5.74, 6) is 0.947. The van der Waals surface area contributed by atoms with Gasteiger partial charge in [-0.05, 0) is 63.8 Å². The summed E-state index contributed by atoms with van der Waals surface area (Å²) >= 11 is 0. The molecule has 1 atom stereocenters. The van der Waals surface area contributed by atoms with Crippen LogP contribution in [0.5, 0.6) is 5.75 Å². The van der Waals surface area contributed by atoms with Gasteiger partial charge in [0.15, 0.2) is 6.04 Å². The second-order valence-corrected chi connectivity index (χ2v) is 6.09. The minimum atomic E-state index is 0.00432. The molecule has 1 fully saturated rings. The number of quaternary nitrogens is 1. The molecule has 4 nitrogen and oxygen atoms in total. The maximum Gasteiger partial charge on any atom is 0.282 e. The molecule has 0 radical (unpaired) electrons. The van der Waals surface area contributed by atoms with Crippen molar-refractivity contribution in [3.8, 4) is 5.75 Å². The van der Waals surface area contributed by atoms with Crippen LogP contribution in [0.4, 0.5) is 5.69 Å². The van der Waals surface area contributed by atoms with E-state index in [0.29, 0.717) is 6.61 Å². The average molecular weight is 305 g/mol. The summed E-state index contributed by atoms with van der Waals surface area (Å²) in [5, 5.41) is 3.03. The maximum absolute atomic E-state index is 12.5. The quantitative estimate of drug-likeness (QED) is 0.876. The second-order valence-electron chi connectivity index (χ2n) is 6.09. The number of anilines is 1. The van der Waals surface area contributed by atoms with E-state index in [-0.39, 0.29) is 11.9 Å². The lowest BCUT2D eigenvalue weighted by Gasteiger charge is -2.26. The zero-order valence-electron chi connectivity index (χ0n) is 13.9. The number of likely N-dealkylation sites (tertiary alicyclic amines) is 1. The molecule has 1 aromatic rings. The first-order valence-electron chi connectivity index (χ1n) is 8.59. The van der Waals surface area contributed by atoms with Crippen molar-refractivity contribution in [1.29, 1.82) is 0 Å². The number of rotatable bonds is 5. The zero-order valence-corrected chi connectivity index (χ0v) is 13.9. The highest BCUT2D eigenvalue weighted by atomic mass is 16.5. The van der Waals surface area contributed by atoms with Crippen LogP contribution in [-0.4, -0.2) is 31.6 Å². The predicted octanol–water partition coefficient (Wildman–Crippen LogP) is 2.26. The van der Waals surface area contributed by atoms with Gasteiger partial charge in [-0.25, -0.2) is 0 Å². The molecule has 1 aliphatic heterocycles. The fourth-order valence-corrected chi connectivity index (χ4v) is 3.03. The average Bonchev–Trinajstić information content (AvgIpc) is 2.48. The highest BCUT2D eigenvalue weighted by Crippen LogP contribution is 2.15. The Bertz CT molecular complexity index is 451. The number of carbonyl (C=O) groups excluding carboxylic acids is 1. The summed E-state index contributed by atoms with van der Waals surface area (Å²) in [6, 6.07) is 7.60. The first kappa shape index (κ1) is 16.8. The van der Waals surface area contributed by atoms with E-state index in [2.05, 4.69) is 5.32 Å². The number of carbonyl (C=O) groups is 1. The number of nitrogens with one attached hydrogen (secondary N) is 2. The Labute approximate surface area is 133 Å². The van der Waals surface area contributed by atoms with Gasteiger partial charge in [-0.15, -0.1) is 0 Å². The highest BCUT2D eigenvalue weighted by molar-refractivity contribution is 5.93. The Morgan fingerprint density at radius 3 is 2.32 bits per heavy atom. The lowest BCUT2D eigenvalue weighted by Crippen LogP contribution is -3.16. The molecule has 0 aliphatic carbocycles. The molecule has 0 unspecified atom stereocenters. The first-order valence-corrected chi connectivity index (χ1v) is 8.59. The van der Waals surface area contributed by atoms with Crippen LogP contribution in [-0.2, 0) is 4.79 Å². The number of amides is 1. The molecule has 22 heavy (non-hydrogen) atoms. The minimum absolute atomic E-state index is 0.00432. The van der Waals surface area contributed by atoms with Crippen molar-refractivity contribution in [3.63, 3.8) is 0 Å². The smallest absolute Gasteiger partial charge is 0.282 e. The Hall–Kier alpha value is -1.55. The van der Waals surface area contributed by atoms with E-state index in [1.807, 2.05) is 38.1 Å². The van der Waals surface area contributed by atoms with E-state index < -0.39 is 0 Å². The van der Waals surface area contributed by atoms with Gasteiger partial charge >= 0.3 is 0 Å². The molecular weight excluding hydrogens is 276 g/mol. The van der Waals surface area contributed by atoms with Gasteiger partial charge in [0.05, 0.1) is 19.7 Å². The van der Waals surface area contributed by atoms with E-state index in [9.17, 15) is 4.79 Å². The Morgan fingerprint density at radius 1 is 1.14 bits per heavy atom. The van der Waals surface area contributed by atoms with Gasteiger partial charge in [-0.2, -0.15) is 0 Å². The Balaban J connectivity index is 1.89. The first-order chi connectivity index (χ1) is 10.7. The molecule has 1 heterocycles. The SMILES string of the molecule is CCOc1ccc(NC(=O)[C@H](C)[NH+]2CCCCCCC2)cc1. The summed E-state index contributed by atoms with van der Waals surface area (Å²) in [4.78, 5) is 13.9. The van der Waals surface area contributed by atoms with Crippen LogP contribution in [0.15, 0.2) is 24.3 Å². The van der Waals surface area contributed by atoms with Crippen molar-refractivity contribution in [3.05, 3.63) is 24.3 Å². The van der Waals surface area contributed by atoms with Crippen LogP contribution in [0.3, 0.4) is 0 Å². The highest BCUT2D eigenvalue weighted by Gasteiger charge is 2.25. The predicted molar refractivity (Wildman–Crippen MR) is 89.5 cm³/mol. The van der Waals surface area contributed by atoms with E-state index in [4.69, 9.17) is 4.74 Å². The zero-order chi connectivity index (χ0) is 15.8. The van der Waals surface area contributed by atoms with Crippen LogP contribution in [0, 0.1) is 0 Å². The van der Waals surface area contributed by atoms with Gasteiger partial charge in [-0.3, -0.25) is 4.79 Å². The standard InChI is InChI=1S/C18H28N2O2/c1-3-22-17-11-9-16(10-12-17)19-18(21)15(2)20-13-7-5-4-6-8-14-20/h9-12,15H,3-8,13-14H2,1-2H3,(H,19,21)/p+1/t15-/m0/s1. The van der Waals surface area contributed by atoms with Crippen LogP contribution >= 0.6 is 0 Å². The molecule has 2 N–H and O–H groups in total. The van der Waals surface area contributed by atoms with Crippen molar-refractivity contribution < 1.29 is 14.4 Å². The summed E-state index contributed by atoms with van der Waals surface area (Å²) in [6.45, 7) is 6.88. The number of hydrogen-bond donors (Lipinski definition) is 2. The monoisotopic (exact) mass is 305 g/mol. The largest absolute Gasteiger partial charge is 0.494 e. The van der Waals surface area contributed by atoms with Crippen molar-refractivity contribution in [2.24, 2.45) is 0 Å². The number of ether oxygens (including phenoxy) is 1. The molecule has 1 aliphatic rings. The minimum Gasteiger partial charge on any atom is -0.494 e. The third-order valence-electron chi connectivity index (χ3n) is 4.43. The van der Waals surface area contributed by atoms with Gasteiger partial charge in [0.1, 0.15) is 5.75 Å².